The van der Waals surface area contributed by atoms with Crippen LogP contribution in [-0.4, -0.2) is 0 Å². The number of fused-ring (bicyclic) bond motifs is 2. The predicted octanol–water partition coefficient (Wildman–Crippen LogP) is 0.455. The standard InChI is InChI=1S/C24H24.2ClH.Zr/c1-15-7-19(23-13-17(3)11-21(23)9-15)5-6-20-8-16(2)10-22-12-18(4)14-24(20)22;;;/h7-14H,5-6H2,1-4H3;2*1H;/q-2;;;+4/p-2. The number of benzene rings is 2. The molecule has 0 saturated heterocycles. The summed E-state index contributed by atoms with van der Waals surface area (Å²) in [7, 11) is 0. The minimum Gasteiger partial charge on any atom is -1.00 e. The SMILES string of the molecule is Cc1cc(CCc2cc(C)cc3[cH-]c(C)cc23)c2cc(C)[cH-]c2c1.[Cl-].[Cl-].[Zr+4]. The molecule has 3 heteroatoms. The number of hydrogen-bond acceptors (Lipinski definition) is 0. The molecule has 0 N–H and O–H groups in total. The van der Waals surface area contributed by atoms with Crippen LogP contribution in [0.2, 0.25) is 0 Å². The summed E-state index contributed by atoms with van der Waals surface area (Å²) in [5.74, 6) is 0. The Morgan fingerprint density at radius 1 is 0.593 bits per heavy atom. The van der Waals surface area contributed by atoms with Gasteiger partial charge in [0.05, 0.1) is 0 Å². The van der Waals surface area contributed by atoms with Gasteiger partial charge in [-0.15, -0.1) is 56.9 Å². The van der Waals surface area contributed by atoms with E-state index >= 15 is 0 Å². The molecule has 0 saturated carbocycles. The van der Waals surface area contributed by atoms with E-state index in [1.807, 2.05) is 0 Å². The molecule has 4 rings (SSSR count). The minimum atomic E-state index is 0. The van der Waals surface area contributed by atoms with Crippen LogP contribution in [-0.2, 0) is 39.0 Å². The van der Waals surface area contributed by atoms with Crippen LogP contribution in [0.5, 0.6) is 0 Å². The van der Waals surface area contributed by atoms with Crippen molar-refractivity contribution in [3.8, 4) is 0 Å². The van der Waals surface area contributed by atoms with Crippen molar-refractivity contribution < 1.29 is 51.0 Å². The molecule has 0 atom stereocenters. The van der Waals surface area contributed by atoms with Gasteiger partial charge in [0.25, 0.3) is 0 Å². The Balaban J connectivity index is 0.00000121. The Labute approximate surface area is 194 Å². The molecular formula is C24H24Cl2Zr. The molecule has 0 nitrogen and oxygen atoms in total. The van der Waals surface area contributed by atoms with Crippen LogP contribution < -0.4 is 24.8 Å². The molecule has 0 amide bonds. The third kappa shape index (κ3) is 4.94. The van der Waals surface area contributed by atoms with Gasteiger partial charge in [0.1, 0.15) is 0 Å². The first kappa shape index (κ1) is 24.2. The van der Waals surface area contributed by atoms with Gasteiger partial charge >= 0.3 is 26.2 Å². The molecule has 0 unspecified atom stereocenters. The van der Waals surface area contributed by atoms with Crippen molar-refractivity contribution >= 4 is 21.5 Å². The first-order valence-corrected chi connectivity index (χ1v) is 8.83. The van der Waals surface area contributed by atoms with Crippen LogP contribution in [0.1, 0.15) is 33.4 Å². The van der Waals surface area contributed by atoms with E-state index in [0.717, 1.165) is 12.8 Å². The Hall–Kier alpha value is -0.877. The maximum Gasteiger partial charge on any atom is 4.00 e. The molecule has 27 heavy (non-hydrogen) atoms. The van der Waals surface area contributed by atoms with Gasteiger partial charge in [0, 0.05) is 0 Å². The summed E-state index contributed by atoms with van der Waals surface area (Å²) in [5, 5.41) is 5.64. The van der Waals surface area contributed by atoms with Gasteiger partial charge in [-0.1, -0.05) is 48.2 Å². The normalized spacial score (nSPS) is 10.4. The first-order chi connectivity index (χ1) is 11.5. The van der Waals surface area contributed by atoms with E-state index in [4.69, 9.17) is 0 Å². The number of aryl methyl sites for hydroxylation is 6. The van der Waals surface area contributed by atoms with E-state index in [-0.39, 0.29) is 51.0 Å². The molecule has 4 aromatic carbocycles. The fraction of sp³-hybridized carbons (Fsp3) is 0.250. The number of halogens is 2. The van der Waals surface area contributed by atoms with Gasteiger partial charge in [0.2, 0.25) is 0 Å². The van der Waals surface area contributed by atoms with E-state index in [9.17, 15) is 0 Å². The minimum absolute atomic E-state index is 0. The van der Waals surface area contributed by atoms with E-state index in [1.54, 1.807) is 0 Å². The van der Waals surface area contributed by atoms with Gasteiger partial charge in [-0.2, -0.15) is 12.1 Å². The molecule has 0 radical (unpaired) electrons. The van der Waals surface area contributed by atoms with E-state index in [1.165, 1.54) is 54.9 Å². The number of hydrogen-bond donors (Lipinski definition) is 0. The van der Waals surface area contributed by atoms with Crippen molar-refractivity contribution in [1.82, 2.24) is 0 Å². The third-order valence-corrected chi connectivity index (χ3v) is 5.06. The van der Waals surface area contributed by atoms with E-state index in [0.29, 0.717) is 0 Å². The summed E-state index contributed by atoms with van der Waals surface area (Å²) in [5.41, 5.74) is 8.42. The van der Waals surface area contributed by atoms with E-state index < -0.39 is 0 Å². The molecule has 0 bridgehead atoms. The maximum absolute atomic E-state index is 2.37. The van der Waals surface area contributed by atoms with E-state index in [2.05, 4.69) is 76.2 Å². The van der Waals surface area contributed by atoms with Crippen LogP contribution >= 0.6 is 0 Å². The van der Waals surface area contributed by atoms with Crippen molar-refractivity contribution in [1.29, 1.82) is 0 Å². The Morgan fingerprint density at radius 2 is 0.963 bits per heavy atom. The fourth-order valence-corrected chi connectivity index (χ4v) is 4.11. The van der Waals surface area contributed by atoms with Crippen molar-refractivity contribution in [3.63, 3.8) is 0 Å². The zero-order chi connectivity index (χ0) is 16.8. The largest absolute Gasteiger partial charge is 4.00 e. The second-order valence-corrected chi connectivity index (χ2v) is 7.42. The summed E-state index contributed by atoms with van der Waals surface area (Å²) in [6.45, 7) is 8.79. The summed E-state index contributed by atoms with van der Waals surface area (Å²) in [6.07, 6.45) is 2.20. The topological polar surface area (TPSA) is 0 Å². The summed E-state index contributed by atoms with van der Waals surface area (Å²) in [6, 6.07) is 18.6. The first-order valence-electron chi connectivity index (χ1n) is 8.83. The van der Waals surface area contributed by atoms with Crippen LogP contribution in [0.3, 0.4) is 0 Å². The molecule has 0 aliphatic carbocycles. The average Bonchev–Trinajstić information content (AvgIpc) is 3.05. The number of rotatable bonds is 3. The van der Waals surface area contributed by atoms with Crippen molar-refractivity contribution in [2.45, 2.75) is 40.5 Å². The quantitative estimate of drug-likeness (QED) is 0.379. The van der Waals surface area contributed by atoms with Crippen LogP contribution in [0.15, 0.2) is 48.5 Å². The van der Waals surface area contributed by atoms with Gasteiger partial charge < -0.3 is 24.8 Å². The smallest absolute Gasteiger partial charge is 1.00 e. The predicted molar refractivity (Wildman–Crippen MR) is 105 cm³/mol. The molecule has 138 valence electrons. The summed E-state index contributed by atoms with van der Waals surface area (Å²) < 4.78 is 0. The van der Waals surface area contributed by atoms with Crippen molar-refractivity contribution in [2.75, 3.05) is 0 Å². The second kappa shape index (κ2) is 9.55. The Bertz CT molecular complexity index is 967. The molecule has 0 fully saturated rings. The zero-order valence-electron chi connectivity index (χ0n) is 16.3. The fourth-order valence-electron chi connectivity index (χ4n) is 4.11. The van der Waals surface area contributed by atoms with Gasteiger partial charge in [0.15, 0.2) is 0 Å². The average molecular weight is 475 g/mol. The Morgan fingerprint density at radius 3 is 1.33 bits per heavy atom. The van der Waals surface area contributed by atoms with Crippen LogP contribution in [0, 0.1) is 27.7 Å². The molecular weight excluding hydrogens is 450 g/mol. The molecule has 0 spiro atoms. The van der Waals surface area contributed by atoms with Gasteiger partial charge in [-0.25, -0.2) is 0 Å². The van der Waals surface area contributed by atoms with Crippen LogP contribution in [0.25, 0.3) is 21.5 Å². The van der Waals surface area contributed by atoms with Crippen LogP contribution in [0.4, 0.5) is 0 Å². The molecule has 0 heterocycles. The molecule has 4 aromatic rings. The molecule has 0 aliphatic rings. The zero-order valence-corrected chi connectivity index (χ0v) is 20.3. The summed E-state index contributed by atoms with van der Waals surface area (Å²) in [4.78, 5) is 0. The Kier molecular flexibility index (Phi) is 8.55. The maximum atomic E-state index is 2.37. The van der Waals surface area contributed by atoms with Crippen molar-refractivity contribution in [2.24, 2.45) is 0 Å². The van der Waals surface area contributed by atoms with Gasteiger partial charge in [-0.05, 0) is 26.7 Å². The van der Waals surface area contributed by atoms with Gasteiger partial charge in [-0.3, -0.25) is 0 Å². The third-order valence-electron chi connectivity index (χ3n) is 5.06. The summed E-state index contributed by atoms with van der Waals surface area (Å²) >= 11 is 0. The monoisotopic (exact) mass is 472 g/mol. The molecule has 0 aromatic heterocycles. The van der Waals surface area contributed by atoms with Crippen molar-refractivity contribution in [3.05, 3.63) is 81.9 Å². The molecule has 0 aliphatic heterocycles. The second-order valence-electron chi connectivity index (χ2n) is 7.42.